The number of carbonyl (C=O) groups is 3. The van der Waals surface area contributed by atoms with Crippen molar-refractivity contribution in [3.05, 3.63) is 72.9 Å². The zero-order chi connectivity index (χ0) is 39.7. The summed E-state index contributed by atoms with van der Waals surface area (Å²) in [6, 6.07) is 0. The van der Waals surface area contributed by atoms with Gasteiger partial charge in [0.2, 0.25) is 0 Å². The first kappa shape index (κ1) is 48.7. The number of allylic oxidation sites excluding steroid dienone is 12. The predicted molar refractivity (Wildman–Crippen MR) is 210 cm³/mol. The smallest absolute Gasteiger partial charge is 0.335 e. The SMILES string of the molecule is CC/C=C\C/C=C\C/C=C\CCCCCCCC(=O)OCC(COC1OC(C(=O)O)C(O)C(O)C1O)OC(=O)CCCCC/C=C\C/C=C\C/C=C\CC. The van der Waals surface area contributed by atoms with E-state index < -0.39 is 61.3 Å². The summed E-state index contributed by atoms with van der Waals surface area (Å²) in [6.07, 6.45) is 31.1. The Bertz CT molecular complexity index is 1170. The minimum absolute atomic E-state index is 0.139. The molecule has 1 aliphatic heterocycles. The maximum atomic E-state index is 12.7. The van der Waals surface area contributed by atoms with Crippen LogP contribution in [0, 0.1) is 0 Å². The van der Waals surface area contributed by atoms with E-state index >= 15 is 0 Å². The van der Waals surface area contributed by atoms with Crippen molar-refractivity contribution in [1.29, 1.82) is 0 Å². The zero-order valence-corrected chi connectivity index (χ0v) is 32.7. The number of carboxylic acid groups (broad SMARTS) is 1. The molecule has 54 heavy (non-hydrogen) atoms. The van der Waals surface area contributed by atoms with Crippen LogP contribution in [0.2, 0.25) is 0 Å². The van der Waals surface area contributed by atoms with E-state index in [1.165, 1.54) is 0 Å². The molecule has 0 spiro atoms. The minimum Gasteiger partial charge on any atom is -0.479 e. The standard InChI is InChI=1S/C43H68O11/c1-3-5-7-9-11-13-15-17-18-20-21-23-25-27-29-31-36(44)51-33-35(34-52-43-40(48)38(46)39(47)41(54-43)42(49)50)53-37(45)32-30-28-26-24-22-19-16-14-12-10-8-6-4-2/h5-8,11-14,17-19,22,35,38-41,43,46-48H,3-4,9-10,15-16,20-21,23-34H2,1-2H3,(H,49,50)/b7-5-,8-6-,13-11-,14-12-,18-17-,22-19-. The van der Waals surface area contributed by atoms with E-state index in [2.05, 4.69) is 86.8 Å². The first-order valence-corrected chi connectivity index (χ1v) is 20.0. The molecule has 0 aromatic rings. The normalized spacial score (nSPS) is 21.4. The summed E-state index contributed by atoms with van der Waals surface area (Å²) in [5.41, 5.74) is 0. The van der Waals surface area contributed by atoms with E-state index in [0.717, 1.165) is 89.9 Å². The van der Waals surface area contributed by atoms with Crippen LogP contribution in [0.3, 0.4) is 0 Å². The number of esters is 2. The largest absolute Gasteiger partial charge is 0.479 e. The quantitative estimate of drug-likeness (QED) is 0.0310. The Kier molecular flexibility index (Phi) is 29.8. The average molecular weight is 761 g/mol. The molecule has 11 heteroatoms. The van der Waals surface area contributed by atoms with Gasteiger partial charge in [-0.15, -0.1) is 0 Å². The van der Waals surface area contributed by atoms with Crippen molar-refractivity contribution in [2.45, 2.75) is 166 Å². The number of aliphatic carboxylic acids is 1. The van der Waals surface area contributed by atoms with Gasteiger partial charge < -0.3 is 39.4 Å². The topological polar surface area (TPSA) is 169 Å². The lowest BCUT2D eigenvalue weighted by molar-refractivity contribution is -0.298. The van der Waals surface area contributed by atoms with Crippen LogP contribution in [0.4, 0.5) is 0 Å². The Hall–Kier alpha value is -3.35. The molecular weight excluding hydrogens is 692 g/mol. The van der Waals surface area contributed by atoms with Gasteiger partial charge in [-0.3, -0.25) is 9.59 Å². The predicted octanol–water partition coefficient (Wildman–Crippen LogP) is 7.75. The molecule has 1 heterocycles. The van der Waals surface area contributed by atoms with E-state index in [1.807, 2.05) is 0 Å². The van der Waals surface area contributed by atoms with Gasteiger partial charge in [0.15, 0.2) is 18.5 Å². The molecular formula is C43H68O11. The second-order valence-corrected chi connectivity index (χ2v) is 13.4. The molecule has 0 aromatic carbocycles. The fraction of sp³-hybridized carbons (Fsp3) is 0.651. The Morgan fingerprint density at radius 2 is 1.04 bits per heavy atom. The van der Waals surface area contributed by atoms with E-state index in [4.69, 9.17) is 18.9 Å². The van der Waals surface area contributed by atoms with E-state index in [9.17, 15) is 34.8 Å². The van der Waals surface area contributed by atoms with Crippen molar-refractivity contribution in [1.82, 2.24) is 0 Å². The summed E-state index contributed by atoms with van der Waals surface area (Å²) >= 11 is 0. The highest BCUT2D eigenvalue weighted by Crippen LogP contribution is 2.23. The van der Waals surface area contributed by atoms with Crippen LogP contribution in [0.25, 0.3) is 0 Å². The Morgan fingerprint density at radius 1 is 0.574 bits per heavy atom. The molecule has 0 aromatic heterocycles. The molecule has 0 amide bonds. The van der Waals surface area contributed by atoms with Crippen LogP contribution in [0.1, 0.15) is 129 Å². The molecule has 0 radical (unpaired) electrons. The Morgan fingerprint density at radius 3 is 1.57 bits per heavy atom. The third-order valence-electron chi connectivity index (χ3n) is 8.55. The summed E-state index contributed by atoms with van der Waals surface area (Å²) < 4.78 is 21.6. The Balaban J connectivity index is 2.46. The minimum atomic E-state index is -1.87. The number of aliphatic hydroxyl groups excluding tert-OH is 3. The maximum Gasteiger partial charge on any atom is 0.335 e. The van der Waals surface area contributed by atoms with Gasteiger partial charge in [0.05, 0.1) is 6.61 Å². The summed E-state index contributed by atoms with van der Waals surface area (Å²) in [7, 11) is 0. The monoisotopic (exact) mass is 760 g/mol. The van der Waals surface area contributed by atoms with E-state index in [0.29, 0.717) is 12.8 Å². The molecule has 6 unspecified atom stereocenters. The van der Waals surface area contributed by atoms with E-state index in [1.54, 1.807) is 0 Å². The van der Waals surface area contributed by atoms with Gasteiger partial charge in [0.25, 0.3) is 0 Å². The maximum absolute atomic E-state index is 12.7. The summed E-state index contributed by atoms with van der Waals surface area (Å²) in [5.74, 6) is -2.52. The van der Waals surface area contributed by atoms with Crippen LogP contribution in [-0.4, -0.2) is 88.4 Å². The second kappa shape index (κ2) is 33.0. The van der Waals surface area contributed by atoms with Crippen LogP contribution in [-0.2, 0) is 33.3 Å². The number of rotatable bonds is 31. The lowest BCUT2D eigenvalue weighted by atomic mass is 9.99. The fourth-order valence-corrected chi connectivity index (χ4v) is 5.43. The zero-order valence-electron chi connectivity index (χ0n) is 32.7. The van der Waals surface area contributed by atoms with Crippen LogP contribution < -0.4 is 0 Å². The van der Waals surface area contributed by atoms with Gasteiger partial charge in [0.1, 0.15) is 24.9 Å². The highest BCUT2D eigenvalue weighted by atomic mass is 16.7. The number of aliphatic hydroxyl groups is 3. The third kappa shape index (κ3) is 24.9. The molecule has 0 bridgehead atoms. The first-order valence-electron chi connectivity index (χ1n) is 20.0. The van der Waals surface area contributed by atoms with Crippen LogP contribution in [0.5, 0.6) is 0 Å². The van der Waals surface area contributed by atoms with Gasteiger partial charge in [-0.1, -0.05) is 112 Å². The van der Waals surface area contributed by atoms with Gasteiger partial charge in [-0.2, -0.15) is 0 Å². The number of ether oxygens (including phenoxy) is 4. The number of carboxylic acids is 1. The van der Waals surface area contributed by atoms with Crippen molar-refractivity contribution in [2.24, 2.45) is 0 Å². The molecule has 1 rings (SSSR count). The van der Waals surface area contributed by atoms with Crippen molar-refractivity contribution >= 4 is 17.9 Å². The fourth-order valence-electron chi connectivity index (χ4n) is 5.43. The molecule has 4 N–H and O–H groups in total. The lowest BCUT2D eigenvalue weighted by Crippen LogP contribution is -2.60. The number of carbonyl (C=O) groups excluding carboxylic acids is 2. The molecule has 0 saturated carbocycles. The van der Waals surface area contributed by atoms with Crippen molar-refractivity contribution < 1.29 is 53.8 Å². The van der Waals surface area contributed by atoms with Gasteiger partial charge in [0, 0.05) is 12.8 Å². The molecule has 11 nitrogen and oxygen atoms in total. The second-order valence-electron chi connectivity index (χ2n) is 13.4. The highest BCUT2D eigenvalue weighted by molar-refractivity contribution is 5.73. The van der Waals surface area contributed by atoms with Gasteiger partial charge >= 0.3 is 17.9 Å². The van der Waals surface area contributed by atoms with Crippen molar-refractivity contribution in [3.8, 4) is 0 Å². The summed E-state index contributed by atoms with van der Waals surface area (Å²) in [5, 5.41) is 39.7. The molecule has 0 aliphatic carbocycles. The van der Waals surface area contributed by atoms with Gasteiger partial charge in [-0.05, 0) is 77.0 Å². The van der Waals surface area contributed by atoms with Crippen molar-refractivity contribution in [2.75, 3.05) is 13.2 Å². The molecule has 306 valence electrons. The number of unbranched alkanes of at least 4 members (excludes halogenated alkanes) is 8. The van der Waals surface area contributed by atoms with Gasteiger partial charge in [-0.25, -0.2) is 4.79 Å². The first-order chi connectivity index (χ1) is 26.2. The van der Waals surface area contributed by atoms with E-state index in [-0.39, 0.29) is 19.4 Å². The van der Waals surface area contributed by atoms with Crippen molar-refractivity contribution in [3.63, 3.8) is 0 Å². The summed E-state index contributed by atoms with van der Waals surface area (Å²) in [4.78, 5) is 36.7. The number of hydrogen-bond donors (Lipinski definition) is 4. The Labute approximate surface area is 323 Å². The molecule has 1 fully saturated rings. The number of hydrogen-bond acceptors (Lipinski definition) is 10. The lowest BCUT2D eigenvalue weighted by Gasteiger charge is -2.38. The summed E-state index contributed by atoms with van der Waals surface area (Å²) in [6.45, 7) is 3.51. The highest BCUT2D eigenvalue weighted by Gasteiger charge is 2.47. The third-order valence-corrected chi connectivity index (χ3v) is 8.55. The average Bonchev–Trinajstić information content (AvgIpc) is 3.15. The van der Waals surface area contributed by atoms with Crippen LogP contribution >= 0.6 is 0 Å². The molecule has 6 atom stereocenters. The molecule has 1 saturated heterocycles. The molecule has 1 aliphatic rings. The van der Waals surface area contributed by atoms with Crippen LogP contribution in [0.15, 0.2) is 72.9 Å².